The summed E-state index contributed by atoms with van der Waals surface area (Å²) in [4.78, 5) is 23.3. The summed E-state index contributed by atoms with van der Waals surface area (Å²) in [5, 5.41) is 9.24. The van der Waals surface area contributed by atoms with Crippen LogP contribution in [0.15, 0.2) is 28.7 Å². The number of aliphatic carboxylic acids is 1. The highest BCUT2D eigenvalue weighted by atomic mass is 79.9. The minimum Gasteiger partial charge on any atom is -0.481 e. The van der Waals surface area contributed by atoms with Crippen molar-refractivity contribution in [2.75, 3.05) is 0 Å². The van der Waals surface area contributed by atoms with Gasteiger partial charge >= 0.3 is 11.9 Å². The van der Waals surface area contributed by atoms with E-state index in [1.165, 1.54) is 0 Å². The predicted octanol–water partition coefficient (Wildman–Crippen LogP) is 2.36. The van der Waals surface area contributed by atoms with Crippen molar-refractivity contribution in [2.45, 2.75) is 38.8 Å². The van der Waals surface area contributed by atoms with E-state index in [2.05, 4.69) is 15.9 Å². The lowest BCUT2D eigenvalue weighted by Gasteiger charge is -2.25. The molecule has 1 aromatic carbocycles. The third-order valence-electron chi connectivity index (χ3n) is 2.74. The summed E-state index contributed by atoms with van der Waals surface area (Å²) in [5.41, 5.74) is 6.03. The minimum atomic E-state index is -1.38. The Morgan fingerprint density at radius 1 is 1.29 bits per heavy atom. The van der Waals surface area contributed by atoms with E-state index in [9.17, 15) is 14.7 Å². The standard InChI is InChI=1S/C15H20BrNO4/c1-15(2,3)21-14(20)12(13(18)19)11(17)8-9-4-6-10(16)7-5-9/h4-7,11-12H,8,17H2,1-3H3,(H,18,19)/t11-,12+/m0/s1. The number of benzene rings is 1. The third-order valence-corrected chi connectivity index (χ3v) is 3.27. The zero-order chi connectivity index (χ0) is 16.2. The topological polar surface area (TPSA) is 89.6 Å². The number of carboxylic acids is 1. The SMILES string of the molecule is CC(C)(C)OC(=O)[C@@H](C(=O)O)[C@@H](N)Cc1ccc(Br)cc1. The summed E-state index contributed by atoms with van der Waals surface area (Å²) in [6.07, 6.45) is 0.281. The molecule has 0 aromatic heterocycles. The van der Waals surface area contributed by atoms with Gasteiger partial charge in [0.25, 0.3) is 0 Å². The quantitative estimate of drug-likeness (QED) is 0.623. The Balaban J connectivity index is 2.82. The van der Waals surface area contributed by atoms with Crippen LogP contribution >= 0.6 is 15.9 Å². The van der Waals surface area contributed by atoms with E-state index in [0.717, 1.165) is 10.0 Å². The molecule has 6 heteroatoms. The number of halogens is 1. The van der Waals surface area contributed by atoms with Crippen LogP contribution in [0.5, 0.6) is 0 Å². The van der Waals surface area contributed by atoms with Crippen LogP contribution in [0.1, 0.15) is 26.3 Å². The number of hydrogen-bond donors (Lipinski definition) is 2. The Kier molecular flexibility index (Phi) is 5.92. The monoisotopic (exact) mass is 357 g/mol. The van der Waals surface area contributed by atoms with Crippen LogP contribution in [0, 0.1) is 5.92 Å². The van der Waals surface area contributed by atoms with Crippen molar-refractivity contribution >= 4 is 27.9 Å². The number of carboxylic acid groups (broad SMARTS) is 1. The average Bonchev–Trinajstić information content (AvgIpc) is 2.29. The number of carbonyl (C=O) groups excluding carboxylic acids is 1. The molecular formula is C15H20BrNO4. The first-order chi connectivity index (χ1) is 9.60. The molecule has 2 atom stereocenters. The van der Waals surface area contributed by atoms with Gasteiger partial charge in [0.15, 0.2) is 5.92 Å². The number of hydrogen-bond acceptors (Lipinski definition) is 4. The Labute approximate surface area is 132 Å². The van der Waals surface area contributed by atoms with Gasteiger partial charge in [-0.3, -0.25) is 9.59 Å². The fourth-order valence-electron chi connectivity index (χ4n) is 1.83. The van der Waals surface area contributed by atoms with E-state index >= 15 is 0 Å². The van der Waals surface area contributed by atoms with Crippen LogP contribution in [0.3, 0.4) is 0 Å². The minimum absolute atomic E-state index is 0.281. The van der Waals surface area contributed by atoms with Gasteiger partial charge in [-0.05, 0) is 44.9 Å². The number of esters is 1. The van der Waals surface area contributed by atoms with Crippen molar-refractivity contribution in [3.8, 4) is 0 Å². The van der Waals surface area contributed by atoms with Gasteiger partial charge in [0.2, 0.25) is 0 Å². The molecule has 0 saturated heterocycles. The van der Waals surface area contributed by atoms with Crippen molar-refractivity contribution in [3.63, 3.8) is 0 Å². The molecule has 0 aliphatic carbocycles. The first-order valence-corrected chi connectivity index (χ1v) is 7.35. The van der Waals surface area contributed by atoms with Crippen LogP contribution in [0.25, 0.3) is 0 Å². The highest BCUT2D eigenvalue weighted by Gasteiger charge is 2.36. The molecule has 0 saturated carbocycles. The van der Waals surface area contributed by atoms with Gasteiger partial charge in [-0.15, -0.1) is 0 Å². The Bertz CT molecular complexity index is 507. The summed E-state index contributed by atoms with van der Waals surface area (Å²) in [6, 6.07) is 6.49. The first kappa shape index (κ1) is 17.7. The van der Waals surface area contributed by atoms with Crippen LogP contribution in [0.2, 0.25) is 0 Å². The molecular weight excluding hydrogens is 338 g/mol. The second kappa shape index (κ2) is 7.04. The third kappa shape index (κ3) is 5.85. The van der Waals surface area contributed by atoms with E-state index in [0.29, 0.717) is 0 Å². The van der Waals surface area contributed by atoms with E-state index in [1.54, 1.807) is 20.8 Å². The maximum absolute atomic E-state index is 12.0. The molecule has 1 rings (SSSR count). The maximum Gasteiger partial charge on any atom is 0.322 e. The fourth-order valence-corrected chi connectivity index (χ4v) is 2.10. The lowest BCUT2D eigenvalue weighted by atomic mass is 9.94. The van der Waals surface area contributed by atoms with E-state index in [4.69, 9.17) is 10.5 Å². The molecule has 0 spiro atoms. The van der Waals surface area contributed by atoms with Gasteiger partial charge in [0.1, 0.15) is 5.60 Å². The summed E-state index contributed by atoms with van der Waals surface area (Å²) in [5.74, 6) is -3.46. The number of ether oxygens (including phenoxy) is 1. The maximum atomic E-state index is 12.0. The van der Waals surface area contributed by atoms with E-state index < -0.39 is 29.5 Å². The Hall–Kier alpha value is -1.40. The van der Waals surface area contributed by atoms with Crippen molar-refractivity contribution in [3.05, 3.63) is 34.3 Å². The van der Waals surface area contributed by atoms with Gasteiger partial charge in [-0.1, -0.05) is 28.1 Å². The first-order valence-electron chi connectivity index (χ1n) is 6.56. The molecule has 0 bridgehead atoms. The second-order valence-electron chi connectivity index (χ2n) is 5.84. The Morgan fingerprint density at radius 2 is 1.81 bits per heavy atom. The molecule has 0 aliphatic heterocycles. The second-order valence-corrected chi connectivity index (χ2v) is 6.76. The summed E-state index contributed by atoms with van der Waals surface area (Å²) in [6.45, 7) is 5.05. The number of carbonyl (C=O) groups is 2. The van der Waals surface area contributed by atoms with Crippen molar-refractivity contribution in [2.24, 2.45) is 11.7 Å². The molecule has 21 heavy (non-hydrogen) atoms. The number of rotatable bonds is 5. The molecule has 3 N–H and O–H groups in total. The molecule has 1 aromatic rings. The van der Waals surface area contributed by atoms with Gasteiger partial charge in [0.05, 0.1) is 0 Å². The highest BCUT2D eigenvalue weighted by molar-refractivity contribution is 9.10. The molecule has 0 fully saturated rings. The zero-order valence-electron chi connectivity index (χ0n) is 12.3. The van der Waals surface area contributed by atoms with Crippen LogP contribution in [0.4, 0.5) is 0 Å². The Morgan fingerprint density at radius 3 is 2.24 bits per heavy atom. The molecule has 0 radical (unpaired) electrons. The average molecular weight is 358 g/mol. The van der Waals surface area contributed by atoms with Gasteiger partial charge in [0, 0.05) is 10.5 Å². The zero-order valence-corrected chi connectivity index (χ0v) is 13.9. The van der Waals surface area contributed by atoms with Crippen molar-refractivity contribution in [1.82, 2.24) is 0 Å². The molecule has 0 unspecified atom stereocenters. The normalized spacial score (nSPS) is 14.3. The lowest BCUT2D eigenvalue weighted by molar-refractivity contribution is -0.167. The highest BCUT2D eigenvalue weighted by Crippen LogP contribution is 2.17. The lowest BCUT2D eigenvalue weighted by Crippen LogP contribution is -2.45. The van der Waals surface area contributed by atoms with Crippen molar-refractivity contribution in [1.29, 1.82) is 0 Å². The summed E-state index contributed by atoms with van der Waals surface area (Å²) < 4.78 is 6.05. The number of nitrogens with two attached hydrogens (primary N) is 1. The summed E-state index contributed by atoms with van der Waals surface area (Å²) in [7, 11) is 0. The molecule has 5 nitrogen and oxygen atoms in total. The van der Waals surface area contributed by atoms with Gasteiger partial charge < -0.3 is 15.6 Å². The van der Waals surface area contributed by atoms with Crippen LogP contribution < -0.4 is 5.73 Å². The van der Waals surface area contributed by atoms with Crippen molar-refractivity contribution < 1.29 is 19.4 Å². The van der Waals surface area contributed by atoms with E-state index in [-0.39, 0.29) is 6.42 Å². The predicted molar refractivity (Wildman–Crippen MR) is 82.8 cm³/mol. The largest absolute Gasteiger partial charge is 0.481 e. The van der Waals surface area contributed by atoms with Gasteiger partial charge in [-0.2, -0.15) is 0 Å². The fraction of sp³-hybridized carbons (Fsp3) is 0.467. The summed E-state index contributed by atoms with van der Waals surface area (Å²) >= 11 is 3.32. The smallest absolute Gasteiger partial charge is 0.322 e. The molecule has 0 heterocycles. The molecule has 0 amide bonds. The van der Waals surface area contributed by atoms with Crippen LogP contribution in [-0.4, -0.2) is 28.7 Å². The van der Waals surface area contributed by atoms with E-state index in [1.807, 2.05) is 24.3 Å². The van der Waals surface area contributed by atoms with Crippen LogP contribution in [-0.2, 0) is 20.7 Å². The molecule has 116 valence electrons. The van der Waals surface area contributed by atoms with Gasteiger partial charge in [-0.25, -0.2) is 0 Å². The molecule has 0 aliphatic rings.